The standard InChI is InChI=1S/C18H22N6O/c1-2-16-19-9-12-22(16)13-18(25)23-10-4-3-5-15(23)14-7-11-24-17(21-14)6-8-20-24/h6-9,11-12,15H,2-5,10,13H2,1H3. The number of carbonyl (C=O) groups excluding carboxylic acids is 1. The molecular weight excluding hydrogens is 316 g/mol. The van der Waals surface area contributed by atoms with E-state index in [0.717, 1.165) is 49.4 Å². The lowest BCUT2D eigenvalue weighted by Gasteiger charge is -2.35. The molecule has 25 heavy (non-hydrogen) atoms. The molecule has 7 heteroatoms. The van der Waals surface area contributed by atoms with Gasteiger partial charge < -0.3 is 9.47 Å². The van der Waals surface area contributed by atoms with Crippen LogP contribution < -0.4 is 0 Å². The Morgan fingerprint density at radius 3 is 3.04 bits per heavy atom. The summed E-state index contributed by atoms with van der Waals surface area (Å²) in [6, 6.07) is 3.90. The first-order valence-electron chi connectivity index (χ1n) is 8.86. The molecule has 3 aromatic heterocycles. The molecule has 1 aliphatic rings. The molecule has 1 aliphatic heterocycles. The summed E-state index contributed by atoms with van der Waals surface area (Å²) < 4.78 is 3.69. The van der Waals surface area contributed by atoms with Gasteiger partial charge in [-0.15, -0.1) is 0 Å². The first kappa shape index (κ1) is 15.8. The van der Waals surface area contributed by atoms with Gasteiger partial charge >= 0.3 is 0 Å². The van der Waals surface area contributed by atoms with Gasteiger partial charge in [-0.2, -0.15) is 5.10 Å². The Labute approximate surface area is 146 Å². The van der Waals surface area contributed by atoms with Crippen molar-refractivity contribution in [3.05, 3.63) is 48.4 Å². The molecule has 3 aromatic rings. The van der Waals surface area contributed by atoms with E-state index in [0.29, 0.717) is 6.54 Å². The third-order valence-electron chi connectivity index (χ3n) is 4.87. The molecule has 0 aliphatic carbocycles. The van der Waals surface area contributed by atoms with Gasteiger partial charge in [-0.25, -0.2) is 14.5 Å². The van der Waals surface area contributed by atoms with Gasteiger partial charge in [0.2, 0.25) is 5.91 Å². The number of imidazole rings is 1. The van der Waals surface area contributed by atoms with Crippen LogP contribution in [0.2, 0.25) is 0 Å². The van der Waals surface area contributed by atoms with E-state index in [-0.39, 0.29) is 11.9 Å². The number of aryl methyl sites for hydroxylation is 1. The third-order valence-corrected chi connectivity index (χ3v) is 4.87. The van der Waals surface area contributed by atoms with Crippen molar-refractivity contribution in [2.24, 2.45) is 0 Å². The van der Waals surface area contributed by atoms with Crippen LogP contribution in [0.3, 0.4) is 0 Å². The van der Waals surface area contributed by atoms with Crippen molar-refractivity contribution in [3.63, 3.8) is 0 Å². The minimum absolute atomic E-state index is 0.0368. The predicted octanol–water partition coefficient (Wildman–Crippen LogP) is 2.24. The fraction of sp³-hybridized carbons (Fsp3) is 0.444. The van der Waals surface area contributed by atoms with Gasteiger partial charge in [0.15, 0.2) is 5.65 Å². The van der Waals surface area contributed by atoms with Gasteiger partial charge in [0, 0.05) is 37.6 Å². The highest BCUT2D eigenvalue weighted by molar-refractivity contribution is 5.76. The number of aromatic nitrogens is 5. The Morgan fingerprint density at radius 1 is 1.24 bits per heavy atom. The molecule has 0 bridgehead atoms. The summed E-state index contributed by atoms with van der Waals surface area (Å²) in [4.78, 5) is 24.0. The van der Waals surface area contributed by atoms with E-state index in [2.05, 4.69) is 17.0 Å². The predicted molar refractivity (Wildman–Crippen MR) is 92.9 cm³/mol. The number of nitrogens with zero attached hydrogens (tertiary/aromatic N) is 6. The number of hydrogen-bond donors (Lipinski definition) is 0. The summed E-state index contributed by atoms with van der Waals surface area (Å²) in [5.41, 5.74) is 1.76. The number of rotatable bonds is 4. The quantitative estimate of drug-likeness (QED) is 0.732. The van der Waals surface area contributed by atoms with E-state index >= 15 is 0 Å². The van der Waals surface area contributed by atoms with Crippen LogP contribution >= 0.6 is 0 Å². The second-order valence-electron chi connectivity index (χ2n) is 6.41. The summed E-state index contributed by atoms with van der Waals surface area (Å²) in [5, 5.41) is 4.19. The molecular formula is C18H22N6O. The minimum Gasteiger partial charge on any atom is -0.333 e. The molecule has 4 rings (SSSR count). The van der Waals surface area contributed by atoms with E-state index in [4.69, 9.17) is 4.98 Å². The molecule has 7 nitrogen and oxygen atoms in total. The fourth-order valence-electron chi connectivity index (χ4n) is 3.59. The second kappa shape index (κ2) is 6.66. The highest BCUT2D eigenvalue weighted by Gasteiger charge is 2.29. The van der Waals surface area contributed by atoms with E-state index in [1.165, 1.54) is 0 Å². The monoisotopic (exact) mass is 338 g/mol. The van der Waals surface area contributed by atoms with Crippen molar-refractivity contribution >= 4 is 11.6 Å². The van der Waals surface area contributed by atoms with E-state index < -0.39 is 0 Å². The summed E-state index contributed by atoms with van der Waals surface area (Å²) in [6.45, 7) is 3.18. The molecule has 0 spiro atoms. The lowest BCUT2D eigenvalue weighted by atomic mass is 9.99. The van der Waals surface area contributed by atoms with Crippen LogP contribution in [0.5, 0.6) is 0 Å². The van der Waals surface area contributed by atoms with Crippen LogP contribution in [0.15, 0.2) is 36.9 Å². The first-order valence-corrected chi connectivity index (χ1v) is 8.86. The van der Waals surface area contributed by atoms with Gasteiger partial charge in [0.1, 0.15) is 12.4 Å². The zero-order valence-corrected chi connectivity index (χ0v) is 14.4. The highest BCUT2D eigenvalue weighted by Crippen LogP contribution is 2.30. The molecule has 4 heterocycles. The molecule has 130 valence electrons. The normalized spacial score (nSPS) is 18.0. The van der Waals surface area contributed by atoms with Gasteiger partial charge in [-0.3, -0.25) is 4.79 Å². The summed E-state index contributed by atoms with van der Waals surface area (Å²) >= 11 is 0. The van der Waals surface area contributed by atoms with Crippen molar-refractivity contribution < 1.29 is 4.79 Å². The van der Waals surface area contributed by atoms with Gasteiger partial charge in [0.25, 0.3) is 0 Å². The molecule has 1 amide bonds. The molecule has 1 atom stereocenters. The molecule has 0 N–H and O–H groups in total. The van der Waals surface area contributed by atoms with E-state index in [1.807, 2.05) is 34.0 Å². The van der Waals surface area contributed by atoms with E-state index in [1.54, 1.807) is 16.9 Å². The second-order valence-corrected chi connectivity index (χ2v) is 6.41. The zero-order valence-electron chi connectivity index (χ0n) is 14.4. The maximum Gasteiger partial charge on any atom is 0.243 e. The lowest BCUT2D eigenvalue weighted by molar-refractivity contribution is -0.135. The summed E-state index contributed by atoms with van der Waals surface area (Å²) in [7, 11) is 0. The number of fused-ring (bicyclic) bond motifs is 1. The maximum atomic E-state index is 13.0. The number of piperidine rings is 1. The van der Waals surface area contributed by atoms with E-state index in [9.17, 15) is 4.79 Å². The maximum absolute atomic E-state index is 13.0. The largest absolute Gasteiger partial charge is 0.333 e. The van der Waals surface area contributed by atoms with Crippen molar-refractivity contribution in [2.75, 3.05) is 6.54 Å². The van der Waals surface area contributed by atoms with Gasteiger partial charge in [0.05, 0.1) is 17.9 Å². The average molecular weight is 338 g/mol. The number of carbonyl (C=O) groups is 1. The molecule has 1 saturated heterocycles. The Hall–Kier alpha value is -2.70. The summed E-state index contributed by atoms with van der Waals surface area (Å²) in [5.74, 6) is 1.08. The Bertz CT molecular complexity index is 882. The number of amides is 1. The smallest absolute Gasteiger partial charge is 0.243 e. The fourth-order valence-corrected chi connectivity index (χ4v) is 3.59. The lowest BCUT2D eigenvalue weighted by Crippen LogP contribution is -2.40. The topological polar surface area (TPSA) is 68.3 Å². The molecule has 0 saturated carbocycles. The first-order chi connectivity index (χ1) is 12.3. The van der Waals surface area contributed by atoms with Gasteiger partial charge in [-0.1, -0.05) is 6.92 Å². The van der Waals surface area contributed by atoms with Crippen molar-refractivity contribution in [2.45, 2.75) is 45.2 Å². The Kier molecular flexibility index (Phi) is 4.21. The summed E-state index contributed by atoms with van der Waals surface area (Å²) in [6.07, 6.45) is 11.2. The zero-order chi connectivity index (χ0) is 17.2. The van der Waals surface area contributed by atoms with Crippen molar-refractivity contribution in [1.29, 1.82) is 0 Å². The minimum atomic E-state index is 0.0368. The Balaban J connectivity index is 1.58. The van der Waals surface area contributed by atoms with Crippen LogP contribution in [-0.2, 0) is 17.8 Å². The van der Waals surface area contributed by atoms with Crippen LogP contribution in [0.4, 0.5) is 0 Å². The Morgan fingerprint density at radius 2 is 2.16 bits per heavy atom. The molecule has 1 fully saturated rings. The van der Waals surface area contributed by atoms with Gasteiger partial charge in [-0.05, 0) is 25.3 Å². The van der Waals surface area contributed by atoms with Crippen LogP contribution in [0, 0.1) is 0 Å². The molecule has 0 aromatic carbocycles. The third kappa shape index (κ3) is 3.01. The molecule has 0 radical (unpaired) electrons. The van der Waals surface area contributed by atoms with Crippen LogP contribution in [0.1, 0.15) is 43.7 Å². The SMILES string of the molecule is CCc1nccn1CC(=O)N1CCCCC1c1ccn2nccc2n1. The van der Waals surface area contributed by atoms with Crippen molar-refractivity contribution in [3.8, 4) is 0 Å². The van der Waals surface area contributed by atoms with Crippen molar-refractivity contribution in [1.82, 2.24) is 29.0 Å². The number of likely N-dealkylation sites (tertiary alicyclic amines) is 1. The van der Waals surface area contributed by atoms with Crippen LogP contribution in [0.25, 0.3) is 5.65 Å². The highest BCUT2D eigenvalue weighted by atomic mass is 16.2. The molecule has 1 unspecified atom stereocenters. The average Bonchev–Trinajstić information content (AvgIpc) is 3.29. The van der Waals surface area contributed by atoms with Crippen LogP contribution in [-0.4, -0.2) is 41.5 Å². The number of hydrogen-bond acceptors (Lipinski definition) is 4.